The first-order valence-corrected chi connectivity index (χ1v) is 8.09. The fourth-order valence-electron chi connectivity index (χ4n) is 4.80. The molecule has 0 aromatic heterocycles. The van der Waals surface area contributed by atoms with Gasteiger partial charge >= 0.3 is 0 Å². The maximum absolute atomic E-state index is 6.41. The van der Waals surface area contributed by atoms with Crippen LogP contribution in [-0.4, -0.2) is 6.04 Å². The Hall–Kier alpha value is -0.0400. The second-order valence-corrected chi connectivity index (χ2v) is 8.54. The van der Waals surface area contributed by atoms with Gasteiger partial charge in [0, 0.05) is 6.04 Å². The van der Waals surface area contributed by atoms with Crippen molar-refractivity contribution in [2.75, 3.05) is 0 Å². The number of hydrogen-bond acceptors (Lipinski definition) is 1. The minimum atomic E-state index is 0.450. The average molecular weight is 251 g/mol. The van der Waals surface area contributed by atoms with Crippen molar-refractivity contribution in [1.29, 1.82) is 0 Å². The molecule has 2 fully saturated rings. The molecule has 5 unspecified atom stereocenters. The molecular weight excluding hydrogens is 218 g/mol. The van der Waals surface area contributed by atoms with Crippen LogP contribution in [0.5, 0.6) is 0 Å². The van der Waals surface area contributed by atoms with E-state index in [0.717, 1.165) is 23.7 Å². The fraction of sp³-hybridized carbons (Fsp3) is 1.00. The van der Waals surface area contributed by atoms with Gasteiger partial charge in [-0.15, -0.1) is 0 Å². The molecule has 0 saturated heterocycles. The van der Waals surface area contributed by atoms with Crippen LogP contribution in [0.3, 0.4) is 0 Å². The SMILES string of the molecule is CC(CC(N)CC1CC2CCC1C2)CC(C)(C)C. The van der Waals surface area contributed by atoms with Crippen molar-refractivity contribution in [3.8, 4) is 0 Å². The van der Waals surface area contributed by atoms with Crippen molar-refractivity contribution < 1.29 is 0 Å². The normalized spacial score (nSPS) is 34.8. The van der Waals surface area contributed by atoms with Gasteiger partial charge in [-0.05, 0) is 67.6 Å². The van der Waals surface area contributed by atoms with Crippen molar-refractivity contribution in [1.82, 2.24) is 0 Å². The maximum Gasteiger partial charge on any atom is 0.00441 e. The number of fused-ring (bicyclic) bond motifs is 2. The van der Waals surface area contributed by atoms with Crippen LogP contribution in [0.4, 0.5) is 0 Å². The predicted octanol–water partition coefficient (Wildman–Crippen LogP) is 4.60. The highest BCUT2D eigenvalue weighted by molar-refractivity contribution is 4.91. The Kier molecular flexibility index (Phi) is 4.41. The lowest BCUT2D eigenvalue weighted by molar-refractivity contribution is 0.251. The molecule has 0 heterocycles. The second-order valence-electron chi connectivity index (χ2n) is 8.54. The van der Waals surface area contributed by atoms with Gasteiger partial charge in [0.15, 0.2) is 0 Å². The lowest BCUT2D eigenvalue weighted by Gasteiger charge is -2.28. The molecule has 2 saturated carbocycles. The van der Waals surface area contributed by atoms with Gasteiger partial charge in [-0.1, -0.05) is 34.1 Å². The Balaban J connectivity index is 1.70. The number of nitrogens with two attached hydrogens (primary N) is 1. The summed E-state index contributed by atoms with van der Waals surface area (Å²) in [5.41, 5.74) is 6.86. The molecule has 1 heteroatoms. The summed E-state index contributed by atoms with van der Waals surface area (Å²) < 4.78 is 0. The molecular formula is C17H33N. The second kappa shape index (κ2) is 5.53. The highest BCUT2D eigenvalue weighted by atomic mass is 14.6. The van der Waals surface area contributed by atoms with E-state index in [4.69, 9.17) is 5.73 Å². The van der Waals surface area contributed by atoms with Crippen LogP contribution in [0.15, 0.2) is 0 Å². The first-order chi connectivity index (χ1) is 8.33. The summed E-state index contributed by atoms with van der Waals surface area (Å²) in [6.07, 6.45) is 9.86. The van der Waals surface area contributed by atoms with Gasteiger partial charge in [-0.25, -0.2) is 0 Å². The average Bonchev–Trinajstić information content (AvgIpc) is 2.74. The van der Waals surface area contributed by atoms with E-state index in [1.807, 2.05) is 0 Å². The largest absolute Gasteiger partial charge is 0.328 e. The Labute approximate surface area is 114 Å². The van der Waals surface area contributed by atoms with Crippen LogP contribution >= 0.6 is 0 Å². The minimum absolute atomic E-state index is 0.450. The molecule has 0 amide bonds. The lowest BCUT2D eigenvalue weighted by atomic mass is 9.79. The quantitative estimate of drug-likeness (QED) is 0.759. The van der Waals surface area contributed by atoms with E-state index >= 15 is 0 Å². The third kappa shape index (κ3) is 3.98. The van der Waals surface area contributed by atoms with Crippen LogP contribution in [0, 0.1) is 29.1 Å². The molecule has 2 aliphatic carbocycles. The summed E-state index contributed by atoms with van der Waals surface area (Å²) in [6, 6.07) is 0.451. The highest BCUT2D eigenvalue weighted by Crippen LogP contribution is 2.50. The lowest BCUT2D eigenvalue weighted by Crippen LogP contribution is -2.28. The Morgan fingerprint density at radius 1 is 1.17 bits per heavy atom. The third-order valence-electron chi connectivity index (χ3n) is 5.16. The van der Waals surface area contributed by atoms with Gasteiger partial charge in [0.1, 0.15) is 0 Å². The Bertz CT molecular complexity index is 265. The summed E-state index contributed by atoms with van der Waals surface area (Å²) in [5.74, 6) is 3.86. The molecule has 2 aliphatic rings. The summed E-state index contributed by atoms with van der Waals surface area (Å²) in [4.78, 5) is 0. The zero-order valence-electron chi connectivity index (χ0n) is 12.9. The first-order valence-electron chi connectivity index (χ1n) is 8.09. The minimum Gasteiger partial charge on any atom is -0.328 e. The molecule has 0 aromatic rings. The van der Waals surface area contributed by atoms with Crippen molar-refractivity contribution in [3.63, 3.8) is 0 Å². The molecule has 0 spiro atoms. The van der Waals surface area contributed by atoms with Crippen LogP contribution in [0.25, 0.3) is 0 Å². The van der Waals surface area contributed by atoms with Crippen molar-refractivity contribution in [3.05, 3.63) is 0 Å². The monoisotopic (exact) mass is 251 g/mol. The molecule has 0 aliphatic heterocycles. The molecule has 18 heavy (non-hydrogen) atoms. The van der Waals surface area contributed by atoms with E-state index in [-0.39, 0.29) is 0 Å². The molecule has 2 N–H and O–H groups in total. The fourth-order valence-corrected chi connectivity index (χ4v) is 4.80. The van der Waals surface area contributed by atoms with Gasteiger partial charge in [0.25, 0.3) is 0 Å². The molecule has 0 aromatic carbocycles. The van der Waals surface area contributed by atoms with Crippen molar-refractivity contribution in [2.24, 2.45) is 34.8 Å². The molecule has 5 atom stereocenters. The van der Waals surface area contributed by atoms with Crippen LogP contribution < -0.4 is 5.73 Å². The summed E-state index contributed by atoms with van der Waals surface area (Å²) in [5, 5.41) is 0. The van der Waals surface area contributed by atoms with E-state index in [0.29, 0.717) is 11.5 Å². The molecule has 2 rings (SSSR count). The summed E-state index contributed by atoms with van der Waals surface area (Å²) in [6.45, 7) is 9.40. The van der Waals surface area contributed by atoms with Crippen LogP contribution in [-0.2, 0) is 0 Å². The van der Waals surface area contributed by atoms with Crippen molar-refractivity contribution in [2.45, 2.75) is 78.7 Å². The Morgan fingerprint density at radius 2 is 1.89 bits per heavy atom. The van der Waals surface area contributed by atoms with E-state index in [1.165, 1.54) is 44.9 Å². The summed E-state index contributed by atoms with van der Waals surface area (Å²) >= 11 is 0. The molecule has 2 bridgehead atoms. The molecule has 1 nitrogen and oxygen atoms in total. The van der Waals surface area contributed by atoms with Crippen molar-refractivity contribution >= 4 is 0 Å². The smallest absolute Gasteiger partial charge is 0.00441 e. The van der Waals surface area contributed by atoms with Gasteiger partial charge in [-0.2, -0.15) is 0 Å². The van der Waals surface area contributed by atoms with E-state index < -0.39 is 0 Å². The molecule has 0 radical (unpaired) electrons. The van der Waals surface area contributed by atoms with Gasteiger partial charge < -0.3 is 5.73 Å². The van der Waals surface area contributed by atoms with Gasteiger partial charge in [-0.3, -0.25) is 0 Å². The highest BCUT2D eigenvalue weighted by Gasteiger charge is 2.39. The standard InChI is InChI=1S/C17H33N/c1-12(11-17(2,3)4)7-16(18)10-15-9-13-5-6-14(15)8-13/h12-16H,5-11,18H2,1-4H3. The molecule has 106 valence electrons. The Morgan fingerprint density at radius 3 is 2.39 bits per heavy atom. The number of rotatable bonds is 5. The summed E-state index contributed by atoms with van der Waals surface area (Å²) in [7, 11) is 0. The van der Waals surface area contributed by atoms with E-state index in [9.17, 15) is 0 Å². The topological polar surface area (TPSA) is 26.0 Å². The maximum atomic E-state index is 6.41. The van der Waals surface area contributed by atoms with Crippen LogP contribution in [0.1, 0.15) is 72.6 Å². The third-order valence-corrected chi connectivity index (χ3v) is 5.16. The predicted molar refractivity (Wildman–Crippen MR) is 79.4 cm³/mol. The zero-order valence-corrected chi connectivity index (χ0v) is 12.9. The zero-order chi connectivity index (χ0) is 13.3. The number of hydrogen-bond donors (Lipinski definition) is 1. The van der Waals surface area contributed by atoms with E-state index in [1.54, 1.807) is 0 Å². The first kappa shape index (κ1) is 14.4. The van der Waals surface area contributed by atoms with E-state index in [2.05, 4.69) is 27.7 Å². The van der Waals surface area contributed by atoms with Gasteiger partial charge in [0.2, 0.25) is 0 Å². The van der Waals surface area contributed by atoms with Crippen LogP contribution in [0.2, 0.25) is 0 Å². The van der Waals surface area contributed by atoms with Gasteiger partial charge in [0.05, 0.1) is 0 Å².